The Bertz CT molecular complexity index is 288. The molecule has 1 rings (SSSR count). The lowest BCUT2D eigenvalue weighted by Gasteiger charge is -2.22. The van der Waals surface area contributed by atoms with Crippen LogP contribution in [0.5, 0.6) is 0 Å². The zero-order valence-corrected chi connectivity index (χ0v) is 9.89. The third-order valence-corrected chi connectivity index (χ3v) is 2.24. The highest BCUT2D eigenvalue weighted by Crippen LogP contribution is 1.97. The van der Waals surface area contributed by atoms with Gasteiger partial charge in [0.2, 0.25) is 6.17 Å². The highest BCUT2D eigenvalue weighted by Gasteiger charge is 2.26. The average Bonchev–Trinajstić information content (AvgIpc) is 2.57. The summed E-state index contributed by atoms with van der Waals surface area (Å²) in [6, 6.07) is 0. The Morgan fingerprint density at radius 2 is 2.50 bits per heavy atom. The van der Waals surface area contributed by atoms with Crippen molar-refractivity contribution in [2.45, 2.75) is 6.17 Å². The number of rotatable bonds is 5. The quantitative estimate of drug-likeness (QED) is 0.170. The fourth-order valence-electron chi connectivity index (χ4n) is 1.45. The SMILES string of the molecule is C#CCOCCN1C=C[NH+](C)C1/C=N\O.[Cl-]. The van der Waals surface area contributed by atoms with E-state index >= 15 is 0 Å². The molecule has 2 N–H and O–H groups in total. The van der Waals surface area contributed by atoms with Gasteiger partial charge in [0.15, 0.2) is 0 Å². The maximum absolute atomic E-state index is 8.52. The van der Waals surface area contributed by atoms with Crippen LogP contribution in [-0.4, -0.2) is 49.3 Å². The number of nitrogens with one attached hydrogen (secondary N) is 1. The summed E-state index contributed by atoms with van der Waals surface area (Å²) < 4.78 is 5.18. The minimum Gasteiger partial charge on any atom is -1.00 e. The second-order valence-corrected chi connectivity index (χ2v) is 3.26. The van der Waals surface area contributed by atoms with Crippen molar-refractivity contribution in [3.05, 3.63) is 12.4 Å². The molecule has 5 nitrogen and oxygen atoms in total. The second kappa shape index (κ2) is 7.99. The molecule has 0 spiro atoms. The van der Waals surface area contributed by atoms with E-state index in [0.29, 0.717) is 13.2 Å². The van der Waals surface area contributed by atoms with Gasteiger partial charge >= 0.3 is 0 Å². The molecule has 2 unspecified atom stereocenters. The Morgan fingerprint density at radius 1 is 1.75 bits per heavy atom. The van der Waals surface area contributed by atoms with Crippen molar-refractivity contribution in [2.75, 3.05) is 26.8 Å². The summed E-state index contributed by atoms with van der Waals surface area (Å²) in [6.07, 6.45) is 10.5. The van der Waals surface area contributed by atoms with Crippen LogP contribution in [0.3, 0.4) is 0 Å². The maximum atomic E-state index is 8.52. The zero-order valence-electron chi connectivity index (χ0n) is 9.14. The molecule has 1 aliphatic rings. The van der Waals surface area contributed by atoms with Crippen molar-refractivity contribution >= 4 is 6.21 Å². The molecule has 6 heteroatoms. The monoisotopic (exact) mass is 245 g/mol. The van der Waals surface area contributed by atoms with Crippen LogP contribution in [0.25, 0.3) is 0 Å². The van der Waals surface area contributed by atoms with Crippen molar-refractivity contribution in [1.29, 1.82) is 0 Å². The van der Waals surface area contributed by atoms with Gasteiger partial charge in [-0.05, 0) is 0 Å². The van der Waals surface area contributed by atoms with Crippen LogP contribution in [0.4, 0.5) is 0 Å². The van der Waals surface area contributed by atoms with Gasteiger partial charge in [0.1, 0.15) is 19.0 Å². The van der Waals surface area contributed by atoms with Crippen molar-refractivity contribution in [2.24, 2.45) is 5.16 Å². The lowest BCUT2D eigenvalue weighted by molar-refractivity contribution is -0.843. The molecular weight excluding hydrogens is 230 g/mol. The van der Waals surface area contributed by atoms with Crippen LogP contribution in [0.2, 0.25) is 0 Å². The van der Waals surface area contributed by atoms with Gasteiger partial charge in [-0.15, -0.1) is 6.42 Å². The van der Waals surface area contributed by atoms with Gasteiger partial charge in [0.05, 0.1) is 19.9 Å². The van der Waals surface area contributed by atoms with E-state index in [0.717, 1.165) is 11.4 Å². The fraction of sp³-hybridized carbons (Fsp3) is 0.500. The lowest BCUT2D eigenvalue weighted by Crippen LogP contribution is -3.09. The van der Waals surface area contributed by atoms with Gasteiger partial charge in [-0.1, -0.05) is 11.1 Å². The Balaban J connectivity index is 0.00000225. The van der Waals surface area contributed by atoms with Gasteiger partial charge in [-0.2, -0.15) is 0 Å². The van der Waals surface area contributed by atoms with Gasteiger partial charge < -0.3 is 27.3 Å². The number of ether oxygens (including phenoxy) is 1. The summed E-state index contributed by atoms with van der Waals surface area (Å²) in [5.74, 6) is 2.41. The summed E-state index contributed by atoms with van der Waals surface area (Å²) in [6.45, 7) is 1.63. The lowest BCUT2D eigenvalue weighted by atomic mass is 10.4. The van der Waals surface area contributed by atoms with Crippen LogP contribution in [0.1, 0.15) is 0 Å². The molecule has 16 heavy (non-hydrogen) atoms. The summed E-state index contributed by atoms with van der Waals surface area (Å²) in [4.78, 5) is 3.18. The molecule has 0 bridgehead atoms. The Morgan fingerprint density at radius 3 is 3.12 bits per heavy atom. The van der Waals surface area contributed by atoms with E-state index in [9.17, 15) is 0 Å². The van der Waals surface area contributed by atoms with Gasteiger partial charge in [0.25, 0.3) is 0 Å². The minimum absolute atomic E-state index is 0. The molecule has 90 valence electrons. The molecule has 0 amide bonds. The molecule has 0 aromatic heterocycles. The third kappa shape index (κ3) is 4.11. The van der Waals surface area contributed by atoms with E-state index in [1.807, 2.05) is 24.3 Å². The van der Waals surface area contributed by atoms with Crippen LogP contribution in [-0.2, 0) is 4.74 Å². The van der Waals surface area contributed by atoms with Gasteiger partial charge in [-0.25, -0.2) is 0 Å². The summed E-state index contributed by atoms with van der Waals surface area (Å²) in [5, 5.41) is 11.6. The molecule has 1 heterocycles. The largest absolute Gasteiger partial charge is 1.00 e. The topological polar surface area (TPSA) is 49.5 Å². The highest BCUT2D eigenvalue weighted by atomic mass is 35.5. The van der Waals surface area contributed by atoms with Crippen molar-refractivity contribution in [1.82, 2.24) is 4.90 Å². The molecule has 0 saturated carbocycles. The molecule has 0 fully saturated rings. The van der Waals surface area contributed by atoms with E-state index in [1.165, 1.54) is 6.21 Å². The molecular formula is C10H16ClN3O2. The fourth-order valence-corrected chi connectivity index (χ4v) is 1.45. The first kappa shape index (κ1) is 14.8. The summed E-state index contributed by atoms with van der Waals surface area (Å²) >= 11 is 0. The van der Waals surface area contributed by atoms with Crippen molar-refractivity contribution in [3.63, 3.8) is 0 Å². The van der Waals surface area contributed by atoms with Gasteiger partial charge in [-0.3, -0.25) is 4.90 Å². The first-order valence-electron chi connectivity index (χ1n) is 4.75. The first-order valence-corrected chi connectivity index (χ1v) is 4.75. The van der Waals surface area contributed by atoms with Crippen molar-refractivity contribution in [3.8, 4) is 12.3 Å². The molecule has 0 saturated heterocycles. The number of hydrogen-bond donors (Lipinski definition) is 2. The van der Waals surface area contributed by atoms with Crippen LogP contribution < -0.4 is 17.3 Å². The van der Waals surface area contributed by atoms with E-state index in [4.69, 9.17) is 16.4 Å². The van der Waals surface area contributed by atoms with E-state index in [2.05, 4.69) is 11.1 Å². The van der Waals surface area contributed by atoms with Crippen LogP contribution in [0, 0.1) is 12.3 Å². The number of nitrogens with zero attached hydrogens (tertiary/aromatic N) is 2. The molecule has 0 aliphatic carbocycles. The van der Waals surface area contributed by atoms with Crippen LogP contribution >= 0.6 is 0 Å². The predicted molar refractivity (Wildman–Crippen MR) is 56.5 cm³/mol. The van der Waals surface area contributed by atoms with E-state index in [1.54, 1.807) is 0 Å². The number of oxime groups is 1. The summed E-state index contributed by atoms with van der Waals surface area (Å²) in [7, 11) is 1.99. The highest BCUT2D eigenvalue weighted by molar-refractivity contribution is 5.61. The smallest absolute Gasteiger partial charge is 0.207 e. The second-order valence-electron chi connectivity index (χ2n) is 3.26. The molecule has 0 aromatic rings. The Hall–Kier alpha value is -1.22. The number of hydrogen-bond acceptors (Lipinski definition) is 4. The normalized spacial score (nSPS) is 23.4. The van der Waals surface area contributed by atoms with Crippen LogP contribution in [0.15, 0.2) is 17.6 Å². The molecule has 0 radical (unpaired) electrons. The van der Waals surface area contributed by atoms with Gasteiger partial charge in [0, 0.05) is 6.54 Å². The molecule has 1 aliphatic heterocycles. The maximum Gasteiger partial charge on any atom is 0.207 e. The zero-order chi connectivity index (χ0) is 11.1. The third-order valence-electron chi connectivity index (χ3n) is 2.24. The number of quaternary nitrogens is 1. The van der Waals surface area contributed by atoms with E-state index < -0.39 is 0 Å². The minimum atomic E-state index is 0. The predicted octanol–water partition coefficient (Wildman–Crippen LogP) is -4.27. The Labute approximate surface area is 102 Å². The summed E-state index contributed by atoms with van der Waals surface area (Å²) in [5.41, 5.74) is 0. The standard InChI is InChI=1S/C10H15N3O2.ClH/c1-3-7-15-8-6-13-5-4-12(2)10(13)9-11-14;/h1,4-5,9-10,14H,6-8H2,2H3;1H/b11-9-;. The first-order chi connectivity index (χ1) is 7.29. The number of terminal acetylenes is 1. The molecule has 0 aromatic carbocycles. The van der Waals surface area contributed by atoms with Crippen molar-refractivity contribution < 1.29 is 27.3 Å². The number of halogens is 1. The Kier molecular flexibility index (Phi) is 7.38. The average molecular weight is 246 g/mol. The molecule has 2 atom stereocenters. The van der Waals surface area contributed by atoms with E-state index in [-0.39, 0.29) is 18.6 Å².